The van der Waals surface area contributed by atoms with Crippen LogP contribution < -0.4 is 0 Å². The lowest BCUT2D eigenvalue weighted by molar-refractivity contribution is -0.0898. The maximum atomic E-state index is 6.61. The second kappa shape index (κ2) is 12.6. The molecule has 1 aliphatic rings. The average Bonchev–Trinajstić information content (AvgIpc) is 3.30. The predicted octanol–water partition coefficient (Wildman–Crippen LogP) is 6.51. The van der Waals surface area contributed by atoms with Gasteiger partial charge in [-0.25, -0.2) is 0 Å². The molecule has 4 aromatic carbocycles. The van der Waals surface area contributed by atoms with Gasteiger partial charge in [-0.15, -0.1) is 0 Å². The first-order valence-electron chi connectivity index (χ1n) is 12.5. The van der Waals surface area contributed by atoms with Crippen LogP contribution in [0.1, 0.15) is 28.4 Å². The van der Waals surface area contributed by atoms with Gasteiger partial charge >= 0.3 is 0 Å². The zero-order chi connectivity index (χ0) is 24.4. The highest BCUT2D eigenvalue weighted by Crippen LogP contribution is 2.38. The summed E-state index contributed by atoms with van der Waals surface area (Å²) < 4.78 is 25.8. The number of hydrogen-bond acceptors (Lipinski definition) is 4. The zero-order valence-electron chi connectivity index (χ0n) is 20.3. The fourth-order valence-corrected chi connectivity index (χ4v) is 4.56. The normalized spacial score (nSPS) is 21.4. The molecule has 4 nitrogen and oxygen atoms in total. The topological polar surface area (TPSA) is 36.9 Å². The molecule has 4 aromatic rings. The van der Waals surface area contributed by atoms with Crippen LogP contribution in [0, 0.1) is 0 Å². The van der Waals surface area contributed by atoms with Gasteiger partial charge < -0.3 is 18.9 Å². The van der Waals surface area contributed by atoms with Gasteiger partial charge in [0.05, 0.1) is 26.4 Å². The Bertz CT molecular complexity index is 1150. The van der Waals surface area contributed by atoms with Crippen LogP contribution in [-0.4, -0.2) is 24.9 Å². The molecule has 4 atom stereocenters. The molecule has 0 saturated carbocycles. The lowest BCUT2D eigenvalue weighted by atomic mass is 10.0. The van der Waals surface area contributed by atoms with Crippen LogP contribution >= 0.6 is 0 Å². The monoisotopic (exact) mass is 480 g/mol. The van der Waals surface area contributed by atoms with Crippen molar-refractivity contribution >= 4 is 0 Å². The van der Waals surface area contributed by atoms with E-state index in [0.29, 0.717) is 26.4 Å². The number of hydrogen-bond donors (Lipinski definition) is 0. The van der Waals surface area contributed by atoms with E-state index < -0.39 is 0 Å². The Hall–Kier alpha value is -3.28. The molecular weight excluding hydrogens is 448 g/mol. The average molecular weight is 481 g/mol. The van der Waals surface area contributed by atoms with E-state index in [0.717, 1.165) is 22.3 Å². The molecule has 36 heavy (non-hydrogen) atoms. The van der Waals surface area contributed by atoms with Crippen molar-refractivity contribution in [1.82, 2.24) is 0 Å². The fraction of sp³-hybridized carbons (Fsp3) is 0.250. The summed E-state index contributed by atoms with van der Waals surface area (Å²) in [5.74, 6) is 0. The minimum absolute atomic E-state index is 0.249. The van der Waals surface area contributed by atoms with E-state index >= 15 is 0 Å². The van der Waals surface area contributed by atoms with Crippen LogP contribution in [-0.2, 0) is 38.8 Å². The van der Waals surface area contributed by atoms with Crippen LogP contribution in [0.3, 0.4) is 0 Å². The highest BCUT2D eigenvalue weighted by Gasteiger charge is 2.47. The Kier molecular flexibility index (Phi) is 8.55. The first kappa shape index (κ1) is 24.4. The lowest BCUT2D eigenvalue weighted by Gasteiger charge is -2.25. The van der Waals surface area contributed by atoms with E-state index in [9.17, 15) is 0 Å². The summed E-state index contributed by atoms with van der Waals surface area (Å²) >= 11 is 0. The van der Waals surface area contributed by atoms with Gasteiger partial charge in [-0.3, -0.25) is 0 Å². The summed E-state index contributed by atoms with van der Waals surface area (Å²) in [6, 6.07) is 40.9. The smallest absolute Gasteiger partial charge is 0.117 e. The summed E-state index contributed by atoms with van der Waals surface area (Å²) in [6.45, 7) is 1.91. The van der Waals surface area contributed by atoms with Crippen LogP contribution in [0.5, 0.6) is 0 Å². The van der Waals surface area contributed by atoms with Crippen LogP contribution in [0.2, 0.25) is 0 Å². The van der Waals surface area contributed by atoms with Gasteiger partial charge in [0.15, 0.2) is 0 Å². The van der Waals surface area contributed by atoms with Gasteiger partial charge in [0.25, 0.3) is 0 Å². The molecule has 4 heteroatoms. The summed E-state index contributed by atoms with van der Waals surface area (Å²) in [5.41, 5.74) is 4.45. The molecule has 184 valence electrons. The summed E-state index contributed by atoms with van der Waals surface area (Å²) in [7, 11) is 0. The quantitative estimate of drug-likeness (QED) is 0.245. The van der Waals surface area contributed by atoms with Gasteiger partial charge in [-0.05, 0) is 22.3 Å². The lowest BCUT2D eigenvalue weighted by Crippen LogP contribution is -2.37. The third kappa shape index (κ3) is 6.48. The summed E-state index contributed by atoms with van der Waals surface area (Å²) in [4.78, 5) is 0. The molecule has 1 aliphatic heterocycles. The standard InChI is InChI=1S/C32H32O4/c1-5-13-25(14-6-1)21-33-24-29-31(34-22-26-15-7-2-8-16-26)32(35-23-27-17-9-3-10-18-27)30(36-29)28-19-11-4-12-20-28/h1-20,29-32H,21-24H2/t29-,30+,31+,32+/m1/s1. The van der Waals surface area contributed by atoms with Crippen molar-refractivity contribution in [3.05, 3.63) is 144 Å². The van der Waals surface area contributed by atoms with E-state index in [1.165, 1.54) is 0 Å². The molecule has 0 unspecified atom stereocenters. The van der Waals surface area contributed by atoms with Crippen LogP contribution in [0.4, 0.5) is 0 Å². The molecule has 0 amide bonds. The molecule has 1 saturated heterocycles. The second-order valence-electron chi connectivity index (χ2n) is 9.03. The minimum Gasteiger partial charge on any atom is -0.374 e. The molecule has 0 spiro atoms. The SMILES string of the molecule is c1ccc(COC[C@H]2O[C@@H](c3ccccc3)[C@H](OCc3ccccc3)[C@H]2OCc2ccccc2)cc1. The Labute approximate surface area is 213 Å². The maximum Gasteiger partial charge on any atom is 0.117 e. The van der Waals surface area contributed by atoms with Gasteiger partial charge in [0.2, 0.25) is 0 Å². The van der Waals surface area contributed by atoms with Gasteiger partial charge in [0.1, 0.15) is 24.4 Å². The highest BCUT2D eigenvalue weighted by atomic mass is 16.6. The zero-order valence-corrected chi connectivity index (χ0v) is 20.3. The van der Waals surface area contributed by atoms with Crippen molar-refractivity contribution in [3.8, 4) is 0 Å². The molecule has 0 aromatic heterocycles. The number of benzene rings is 4. The Morgan fingerprint density at radius 2 is 0.944 bits per heavy atom. The van der Waals surface area contributed by atoms with Gasteiger partial charge in [-0.1, -0.05) is 121 Å². The highest BCUT2D eigenvalue weighted by molar-refractivity contribution is 5.22. The van der Waals surface area contributed by atoms with Gasteiger partial charge in [0, 0.05) is 0 Å². The Morgan fingerprint density at radius 1 is 0.500 bits per heavy atom. The molecule has 1 fully saturated rings. The third-order valence-corrected chi connectivity index (χ3v) is 6.40. The number of ether oxygens (including phenoxy) is 4. The molecule has 0 aliphatic carbocycles. The van der Waals surface area contributed by atoms with Crippen molar-refractivity contribution in [1.29, 1.82) is 0 Å². The Balaban J connectivity index is 1.35. The van der Waals surface area contributed by atoms with Crippen molar-refractivity contribution in [2.45, 2.75) is 44.2 Å². The fourth-order valence-electron chi connectivity index (χ4n) is 4.56. The molecular formula is C32H32O4. The Morgan fingerprint density at radius 3 is 1.47 bits per heavy atom. The van der Waals surface area contributed by atoms with E-state index in [1.54, 1.807) is 0 Å². The van der Waals surface area contributed by atoms with Crippen LogP contribution in [0.15, 0.2) is 121 Å². The molecule has 0 radical (unpaired) electrons. The van der Waals surface area contributed by atoms with E-state index in [1.807, 2.05) is 72.8 Å². The van der Waals surface area contributed by atoms with Crippen molar-refractivity contribution in [3.63, 3.8) is 0 Å². The van der Waals surface area contributed by atoms with Crippen molar-refractivity contribution < 1.29 is 18.9 Å². The maximum absolute atomic E-state index is 6.61. The molecule has 5 rings (SSSR count). The van der Waals surface area contributed by atoms with E-state index in [2.05, 4.69) is 48.5 Å². The van der Waals surface area contributed by atoms with Gasteiger partial charge in [-0.2, -0.15) is 0 Å². The first-order chi connectivity index (χ1) is 17.9. The summed E-state index contributed by atoms with van der Waals surface area (Å²) in [5, 5.41) is 0. The summed E-state index contributed by atoms with van der Waals surface area (Å²) in [6.07, 6.45) is -1.07. The van der Waals surface area contributed by atoms with E-state index in [-0.39, 0.29) is 24.4 Å². The third-order valence-electron chi connectivity index (χ3n) is 6.40. The molecule has 1 heterocycles. The minimum atomic E-state index is -0.283. The molecule has 0 N–H and O–H groups in total. The van der Waals surface area contributed by atoms with Crippen molar-refractivity contribution in [2.75, 3.05) is 6.61 Å². The first-order valence-corrected chi connectivity index (χ1v) is 12.5. The van der Waals surface area contributed by atoms with E-state index in [4.69, 9.17) is 18.9 Å². The van der Waals surface area contributed by atoms with Crippen LogP contribution in [0.25, 0.3) is 0 Å². The second-order valence-corrected chi connectivity index (χ2v) is 9.03. The van der Waals surface area contributed by atoms with Crippen molar-refractivity contribution in [2.24, 2.45) is 0 Å². The largest absolute Gasteiger partial charge is 0.374 e. The number of rotatable bonds is 11. The predicted molar refractivity (Wildman–Crippen MR) is 140 cm³/mol. The molecule has 0 bridgehead atoms.